The molecule has 0 amide bonds. The van der Waals surface area contributed by atoms with Crippen LogP contribution in [0.2, 0.25) is 0 Å². The molecule has 4 nitrogen and oxygen atoms in total. The lowest BCUT2D eigenvalue weighted by molar-refractivity contribution is -0.137. The van der Waals surface area contributed by atoms with Crippen LogP contribution >= 0.6 is 0 Å². The zero-order chi connectivity index (χ0) is 20.3. The van der Waals surface area contributed by atoms with Crippen LogP contribution < -0.4 is 10.5 Å². The number of halogens is 3. The highest BCUT2D eigenvalue weighted by Crippen LogP contribution is 2.36. The summed E-state index contributed by atoms with van der Waals surface area (Å²) in [5.41, 5.74) is 7.49. The largest absolute Gasteiger partial charge is 0.488 e. The maximum Gasteiger partial charge on any atom is 0.416 e. The highest BCUT2D eigenvalue weighted by molar-refractivity contribution is 5.91. The third-order valence-corrected chi connectivity index (χ3v) is 4.13. The van der Waals surface area contributed by atoms with E-state index in [9.17, 15) is 23.1 Å². The number of aromatic carboxylic acids is 1. The smallest absolute Gasteiger partial charge is 0.416 e. The van der Waals surface area contributed by atoms with Crippen molar-refractivity contribution in [3.63, 3.8) is 0 Å². The molecule has 144 valence electrons. The zero-order valence-corrected chi connectivity index (χ0v) is 14.5. The van der Waals surface area contributed by atoms with E-state index in [0.29, 0.717) is 28.1 Å². The van der Waals surface area contributed by atoms with Crippen LogP contribution in [0.5, 0.6) is 5.75 Å². The van der Waals surface area contributed by atoms with Gasteiger partial charge in [0.2, 0.25) is 0 Å². The molecule has 0 aliphatic heterocycles. The van der Waals surface area contributed by atoms with Gasteiger partial charge in [0.05, 0.1) is 11.1 Å². The first-order valence-corrected chi connectivity index (χ1v) is 8.27. The Hall–Kier alpha value is -3.48. The molecule has 3 aromatic carbocycles. The highest BCUT2D eigenvalue weighted by Gasteiger charge is 2.29. The van der Waals surface area contributed by atoms with Crippen LogP contribution in [0, 0.1) is 0 Å². The van der Waals surface area contributed by atoms with E-state index in [1.54, 1.807) is 30.3 Å². The number of nitrogen functional groups attached to an aromatic ring is 1. The molecule has 0 saturated heterocycles. The third-order valence-electron chi connectivity index (χ3n) is 4.13. The topological polar surface area (TPSA) is 72.5 Å². The van der Waals surface area contributed by atoms with E-state index in [1.807, 2.05) is 0 Å². The lowest BCUT2D eigenvalue weighted by Gasteiger charge is -2.15. The first kappa shape index (κ1) is 19.3. The van der Waals surface area contributed by atoms with Gasteiger partial charge in [-0.25, -0.2) is 4.79 Å². The Morgan fingerprint density at radius 2 is 1.68 bits per heavy atom. The molecule has 28 heavy (non-hydrogen) atoms. The van der Waals surface area contributed by atoms with Gasteiger partial charge in [-0.05, 0) is 47.5 Å². The molecule has 0 saturated carbocycles. The van der Waals surface area contributed by atoms with Crippen molar-refractivity contribution >= 4 is 11.7 Å². The van der Waals surface area contributed by atoms with Crippen molar-refractivity contribution in [2.45, 2.75) is 12.8 Å². The van der Waals surface area contributed by atoms with Crippen LogP contribution in [0.3, 0.4) is 0 Å². The highest BCUT2D eigenvalue weighted by atomic mass is 19.4. The standard InChI is InChI=1S/C21H16F3NO3/c22-21(23,24)16-9-7-13(8-10-16)12-28-18-6-2-5-17(25)19(18)14-3-1-4-15(11-14)20(26)27/h1-11H,12,25H2,(H,26,27). The first-order chi connectivity index (χ1) is 13.3. The molecule has 0 spiro atoms. The number of ether oxygens (including phenoxy) is 1. The summed E-state index contributed by atoms with van der Waals surface area (Å²) in [6.07, 6.45) is -4.39. The van der Waals surface area contributed by atoms with Gasteiger partial charge >= 0.3 is 12.1 Å². The zero-order valence-electron chi connectivity index (χ0n) is 14.5. The summed E-state index contributed by atoms with van der Waals surface area (Å²) in [5, 5.41) is 9.18. The molecule has 0 atom stereocenters. The van der Waals surface area contributed by atoms with Crippen molar-refractivity contribution in [3.8, 4) is 16.9 Å². The molecule has 3 rings (SSSR count). The summed E-state index contributed by atoms with van der Waals surface area (Å²) >= 11 is 0. The Kier molecular flexibility index (Phi) is 5.26. The molecular formula is C21H16F3NO3. The van der Waals surface area contributed by atoms with Gasteiger partial charge < -0.3 is 15.6 Å². The number of carbonyl (C=O) groups is 1. The lowest BCUT2D eigenvalue weighted by atomic mass is 10.0. The van der Waals surface area contributed by atoms with Gasteiger partial charge in [0.25, 0.3) is 0 Å². The number of benzene rings is 3. The minimum Gasteiger partial charge on any atom is -0.488 e. The van der Waals surface area contributed by atoms with Gasteiger partial charge in [0.15, 0.2) is 0 Å². The minimum absolute atomic E-state index is 0.0349. The van der Waals surface area contributed by atoms with E-state index < -0.39 is 17.7 Å². The lowest BCUT2D eigenvalue weighted by Crippen LogP contribution is -2.05. The van der Waals surface area contributed by atoms with Gasteiger partial charge in [-0.3, -0.25) is 0 Å². The Labute approximate surface area is 159 Å². The summed E-state index contributed by atoms with van der Waals surface area (Å²) < 4.78 is 43.7. The van der Waals surface area contributed by atoms with Crippen LogP contribution in [-0.2, 0) is 12.8 Å². The van der Waals surface area contributed by atoms with Crippen molar-refractivity contribution in [2.75, 3.05) is 5.73 Å². The molecule has 0 heterocycles. The van der Waals surface area contributed by atoms with Gasteiger partial charge in [-0.15, -0.1) is 0 Å². The molecule has 0 fully saturated rings. The summed E-state index contributed by atoms with van der Waals surface area (Å²) in [4.78, 5) is 11.2. The summed E-state index contributed by atoms with van der Waals surface area (Å²) in [6, 6.07) is 16.0. The number of carboxylic acids is 1. The summed E-state index contributed by atoms with van der Waals surface area (Å²) in [5.74, 6) is -0.661. The van der Waals surface area contributed by atoms with Gasteiger partial charge in [0, 0.05) is 11.3 Å². The van der Waals surface area contributed by atoms with Crippen LogP contribution in [-0.4, -0.2) is 11.1 Å². The number of carboxylic acid groups (broad SMARTS) is 1. The molecule has 0 unspecified atom stereocenters. The monoisotopic (exact) mass is 387 g/mol. The van der Waals surface area contributed by atoms with Crippen LogP contribution in [0.4, 0.5) is 18.9 Å². The second-order valence-corrected chi connectivity index (χ2v) is 6.09. The predicted octanol–water partition coefficient (Wildman–Crippen LogP) is 5.23. The first-order valence-electron chi connectivity index (χ1n) is 8.27. The summed E-state index contributed by atoms with van der Waals surface area (Å²) in [7, 11) is 0. The van der Waals surface area contributed by atoms with Crippen molar-refractivity contribution in [2.24, 2.45) is 0 Å². The molecule has 0 aliphatic carbocycles. The van der Waals surface area contributed by atoms with E-state index >= 15 is 0 Å². The summed E-state index contributed by atoms with van der Waals surface area (Å²) in [6.45, 7) is 0.0349. The minimum atomic E-state index is -4.39. The van der Waals surface area contributed by atoms with E-state index in [4.69, 9.17) is 10.5 Å². The maximum atomic E-state index is 12.7. The van der Waals surface area contributed by atoms with Crippen LogP contribution in [0.15, 0.2) is 66.7 Å². The van der Waals surface area contributed by atoms with Crippen LogP contribution in [0.25, 0.3) is 11.1 Å². The second-order valence-electron chi connectivity index (χ2n) is 6.09. The molecule has 3 N–H and O–H groups in total. The molecule has 7 heteroatoms. The fraction of sp³-hybridized carbons (Fsp3) is 0.0952. The Morgan fingerprint density at radius 3 is 2.32 bits per heavy atom. The van der Waals surface area contributed by atoms with E-state index in [1.165, 1.54) is 24.3 Å². The normalized spacial score (nSPS) is 11.2. The predicted molar refractivity (Wildman–Crippen MR) is 99.0 cm³/mol. The maximum absolute atomic E-state index is 12.7. The van der Waals surface area contributed by atoms with Crippen LogP contribution in [0.1, 0.15) is 21.5 Å². The number of nitrogens with two attached hydrogens (primary N) is 1. The van der Waals surface area contributed by atoms with E-state index in [-0.39, 0.29) is 12.2 Å². The second kappa shape index (κ2) is 7.64. The number of rotatable bonds is 5. The number of alkyl halides is 3. The van der Waals surface area contributed by atoms with Gasteiger partial charge in [-0.1, -0.05) is 30.3 Å². The van der Waals surface area contributed by atoms with Crippen molar-refractivity contribution in [3.05, 3.63) is 83.4 Å². The Balaban J connectivity index is 1.87. The molecule has 0 bridgehead atoms. The van der Waals surface area contributed by atoms with E-state index in [2.05, 4.69) is 0 Å². The molecule has 3 aromatic rings. The number of anilines is 1. The van der Waals surface area contributed by atoms with Gasteiger partial charge in [0.1, 0.15) is 12.4 Å². The average Bonchev–Trinajstić information content (AvgIpc) is 2.66. The molecule has 0 aliphatic rings. The fourth-order valence-electron chi connectivity index (χ4n) is 2.74. The SMILES string of the molecule is Nc1cccc(OCc2ccc(C(F)(F)F)cc2)c1-c1cccc(C(=O)O)c1. The fourth-order valence-corrected chi connectivity index (χ4v) is 2.74. The Bertz CT molecular complexity index is 999. The molecular weight excluding hydrogens is 371 g/mol. The van der Waals surface area contributed by atoms with Gasteiger partial charge in [-0.2, -0.15) is 13.2 Å². The van der Waals surface area contributed by atoms with Crippen molar-refractivity contribution in [1.82, 2.24) is 0 Å². The van der Waals surface area contributed by atoms with E-state index in [0.717, 1.165) is 12.1 Å². The van der Waals surface area contributed by atoms with Crippen molar-refractivity contribution < 1.29 is 27.8 Å². The number of hydrogen-bond acceptors (Lipinski definition) is 3. The third kappa shape index (κ3) is 4.25. The molecule has 0 radical (unpaired) electrons. The molecule has 0 aromatic heterocycles. The Morgan fingerprint density at radius 1 is 1.00 bits per heavy atom. The number of hydrogen-bond donors (Lipinski definition) is 2. The average molecular weight is 387 g/mol. The van der Waals surface area contributed by atoms with Crippen molar-refractivity contribution in [1.29, 1.82) is 0 Å². The quantitative estimate of drug-likeness (QED) is 0.588.